The average molecular weight is 334 g/mol. The molecule has 2 heterocycles. The summed E-state index contributed by atoms with van der Waals surface area (Å²) in [6, 6.07) is 3.22. The second kappa shape index (κ2) is 7.91. The number of allylic oxidation sites excluding steroid dienone is 2. The van der Waals surface area contributed by atoms with Gasteiger partial charge in [-0.15, -0.1) is 0 Å². The summed E-state index contributed by atoms with van der Waals surface area (Å²) in [6.07, 6.45) is 9.90. The van der Waals surface area contributed by atoms with Gasteiger partial charge >= 0.3 is 0 Å². The fourth-order valence-corrected chi connectivity index (χ4v) is 2.00. The van der Waals surface area contributed by atoms with Crippen LogP contribution in [0.15, 0.2) is 54.2 Å². The Bertz CT molecular complexity index is 766. The molecule has 0 radical (unpaired) electrons. The highest BCUT2D eigenvalue weighted by molar-refractivity contribution is 5.92. The Morgan fingerprint density at radius 1 is 1.12 bits per heavy atom. The standard InChI is InChI=1S/C16H14F2N4O2/c17-14-10-22(11-15(18)13(14)9-20-24)6-2-1-5-21-7-3-12(4-8-21)16(19)23/h1-4,7-11H,5-6H2,(H-,19,23)/p+2/b2-1+. The monoisotopic (exact) mass is 334 g/mol. The van der Waals surface area contributed by atoms with Crippen LogP contribution in [0.25, 0.3) is 0 Å². The molecule has 0 saturated carbocycles. The zero-order valence-corrected chi connectivity index (χ0v) is 12.6. The second-order valence-corrected chi connectivity index (χ2v) is 4.93. The normalized spacial score (nSPS) is 11.4. The molecule has 0 fully saturated rings. The van der Waals surface area contributed by atoms with E-state index in [4.69, 9.17) is 10.9 Å². The molecule has 2 aromatic rings. The van der Waals surface area contributed by atoms with Crippen molar-refractivity contribution in [3.63, 3.8) is 0 Å². The molecule has 0 aromatic carbocycles. The molecule has 2 rings (SSSR count). The largest absolute Gasteiger partial charge is 0.411 e. The highest BCUT2D eigenvalue weighted by Crippen LogP contribution is 2.06. The molecule has 124 valence electrons. The summed E-state index contributed by atoms with van der Waals surface area (Å²) in [5, 5.41) is 11.0. The van der Waals surface area contributed by atoms with Crippen molar-refractivity contribution in [1.29, 1.82) is 0 Å². The predicted octanol–water partition coefficient (Wildman–Crippen LogP) is 0.703. The lowest BCUT2D eigenvalue weighted by atomic mass is 10.2. The Morgan fingerprint density at radius 3 is 2.17 bits per heavy atom. The number of aromatic nitrogens is 2. The molecule has 0 aliphatic rings. The topological polar surface area (TPSA) is 83.4 Å². The van der Waals surface area contributed by atoms with Gasteiger partial charge in [0.15, 0.2) is 37.1 Å². The first-order valence-corrected chi connectivity index (χ1v) is 7.00. The molecule has 1 amide bonds. The molecule has 0 aliphatic carbocycles. The summed E-state index contributed by atoms with van der Waals surface area (Å²) in [7, 11) is 0. The van der Waals surface area contributed by atoms with Gasteiger partial charge in [0, 0.05) is 12.1 Å². The van der Waals surface area contributed by atoms with Crippen molar-refractivity contribution >= 4 is 12.1 Å². The minimum Gasteiger partial charge on any atom is -0.411 e. The fourth-order valence-electron chi connectivity index (χ4n) is 2.00. The molecule has 0 bridgehead atoms. The van der Waals surface area contributed by atoms with Crippen molar-refractivity contribution in [1.82, 2.24) is 0 Å². The minimum atomic E-state index is -0.822. The molecular weight excluding hydrogens is 318 g/mol. The number of hydrogen-bond donors (Lipinski definition) is 2. The van der Waals surface area contributed by atoms with Crippen molar-refractivity contribution in [2.24, 2.45) is 10.9 Å². The number of pyridine rings is 2. The summed E-state index contributed by atoms with van der Waals surface area (Å²) in [4.78, 5) is 11.0. The van der Waals surface area contributed by atoms with E-state index in [0.29, 0.717) is 18.3 Å². The van der Waals surface area contributed by atoms with Crippen molar-refractivity contribution in [3.05, 3.63) is 71.8 Å². The van der Waals surface area contributed by atoms with Crippen LogP contribution in [0.3, 0.4) is 0 Å². The lowest BCUT2D eigenvalue weighted by Crippen LogP contribution is -2.35. The number of carbonyl (C=O) groups excluding carboxylic acids is 1. The van der Waals surface area contributed by atoms with Gasteiger partial charge in [0.25, 0.3) is 0 Å². The first-order valence-electron chi connectivity index (χ1n) is 7.00. The van der Waals surface area contributed by atoms with Crippen LogP contribution in [0.1, 0.15) is 15.9 Å². The highest BCUT2D eigenvalue weighted by Gasteiger charge is 2.14. The molecule has 6 nitrogen and oxygen atoms in total. The van der Waals surface area contributed by atoms with Gasteiger partial charge in [-0.05, 0) is 12.2 Å². The Hall–Kier alpha value is -3.16. The molecule has 3 N–H and O–H groups in total. The Balaban J connectivity index is 1.98. The van der Waals surface area contributed by atoms with Gasteiger partial charge in [-0.2, -0.15) is 13.3 Å². The smallest absolute Gasteiger partial charge is 0.249 e. The first-order chi connectivity index (χ1) is 11.5. The van der Waals surface area contributed by atoms with Crippen LogP contribution >= 0.6 is 0 Å². The maximum absolute atomic E-state index is 13.6. The van der Waals surface area contributed by atoms with Crippen molar-refractivity contribution in [3.8, 4) is 0 Å². The lowest BCUT2D eigenvalue weighted by molar-refractivity contribution is -0.692. The number of hydrogen-bond acceptors (Lipinski definition) is 3. The molecule has 8 heteroatoms. The summed E-state index contributed by atoms with van der Waals surface area (Å²) < 4.78 is 30.4. The van der Waals surface area contributed by atoms with Crippen LogP contribution < -0.4 is 14.9 Å². The van der Waals surface area contributed by atoms with E-state index in [-0.39, 0.29) is 6.54 Å². The van der Waals surface area contributed by atoms with Crippen LogP contribution in [-0.2, 0) is 13.1 Å². The summed E-state index contributed by atoms with van der Waals surface area (Å²) in [6.45, 7) is 0.796. The van der Waals surface area contributed by atoms with Gasteiger partial charge in [-0.3, -0.25) is 4.79 Å². The van der Waals surface area contributed by atoms with E-state index < -0.39 is 23.1 Å². The zero-order valence-electron chi connectivity index (χ0n) is 12.6. The average Bonchev–Trinajstić information content (AvgIpc) is 2.55. The number of rotatable bonds is 6. The van der Waals surface area contributed by atoms with Crippen LogP contribution in [0, 0.1) is 11.6 Å². The molecule has 2 aromatic heterocycles. The number of nitrogens with zero attached hydrogens (tertiary/aromatic N) is 3. The summed E-state index contributed by atoms with van der Waals surface area (Å²) >= 11 is 0. The third-order valence-electron chi connectivity index (χ3n) is 3.23. The van der Waals surface area contributed by atoms with Gasteiger partial charge in [0.05, 0.1) is 17.3 Å². The predicted molar refractivity (Wildman–Crippen MR) is 80.2 cm³/mol. The second-order valence-electron chi connectivity index (χ2n) is 4.93. The molecule has 0 unspecified atom stereocenters. The summed E-state index contributed by atoms with van der Waals surface area (Å²) in [5.41, 5.74) is 5.18. The van der Waals surface area contributed by atoms with E-state index in [2.05, 4.69) is 5.16 Å². The Kier molecular flexibility index (Phi) is 5.67. The lowest BCUT2D eigenvalue weighted by Gasteiger charge is -1.98. The third kappa shape index (κ3) is 4.42. The maximum Gasteiger partial charge on any atom is 0.249 e. The van der Waals surface area contributed by atoms with Gasteiger partial charge in [-0.25, -0.2) is 4.57 Å². The molecule has 0 aliphatic heterocycles. The van der Waals surface area contributed by atoms with Gasteiger partial charge in [0.1, 0.15) is 0 Å². The quantitative estimate of drug-likeness (QED) is 0.268. The molecule has 0 atom stereocenters. The van der Waals surface area contributed by atoms with Gasteiger partial charge < -0.3 is 10.9 Å². The fraction of sp³-hybridized carbons (Fsp3) is 0.125. The van der Waals surface area contributed by atoms with Crippen molar-refractivity contribution in [2.45, 2.75) is 13.1 Å². The molecular formula is C16H16F2N4O2+2. The zero-order chi connectivity index (χ0) is 17.5. The Labute approximate surface area is 136 Å². The maximum atomic E-state index is 13.6. The number of nitrogens with two attached hydrogens (primary N) is 1. The van der Waals surface area contributed by atoms with E-state index >= 15 is 0 Å². The number of halogens is 2. The van der Waals surface area contributed by atoms with Gasteiger partial charge in [0.2, 0.25) is 18.3 Å². The van der Waals surface area contributed by atoms with Crippen LogP contribution in [0.4, 0.5) is 8.78 Å². The van der Waals surface area contributed by atoms with E-state index in [0.717, 1.165) is 12.4 Å². The number of amides is 1. The minimum absolute atomic E-state index is 0.268. The molecule has 24 heavy (non-hydrogen) atoms. The Morgan fingerprint density at radius 2 is 1.67 bits per heavy atom. The third-order valence-corrected chi connectivity index (χ3v) is 3.23. The SMILES string of the molecule is NC(=O)c1cc[n+](C/C=C/C[n+]2cc(F)c(/C=N/O)c(F)c2)cc1. The number of primary amides is 1. The first kappa shape index (κ1) is 17.2. The van der Waals surface area contributed by atoms with Crippen LogP contribution in [0.2, 0.25) is 0 Å². The number of oxime groups is 1. The number of carbonyl (C=O) groups is 1. The van der Waals surface area contributed by atoms with Crippen molar-refractivity contribution in [2.75, 3.05) is 0 Å². The van der Waals surface area contributed by atoms with E-state index in [1.807, 2.05) is 10.6 Å². The van der Waals surface area contributed by atoms with Crippen LogP contribution in [0.5, 0.6) is 0 Å². The molecule has 0 spiro atoms. The van der Waals surface area contributed by atoms with E-state index in [1.54, 1.807) is 30.6 Å². The van der Waals surface area contributed by atoms with Crippen LogP contribution in [-0.4, -0.2) is 17.3 Å². The summed E-state index contributed by atoms with van der Waals surface area (Å²) in [5.74, 6) is -2.14. The molecule has 0 saturated heterocycles. The van der Waals surface area contributed by atoms with Crippen molar-refractivity contribution < 1.29 is 27.9 Å². The van der Waals surface area contributed by atoms with Gasteiger partial charge in [-0.1, -0.05) is 5.16 Å². The van der Waals surface area contributed by atoms with E-state index in [9.17, 15) is 13.6 Å². The van der Waals surface area contributed by atoms with E-state index in [1.165, 1.54) is 4.57 Å². The highest BCUT2D eigenvalue weighted by atomic mass is 19.1.